The van der Waals surface area contributed by atoms with Crippen molar-refractivity contribution < 1.29 is 9.90 Å². The van der Waals surface area contributed by atoms with Crippen molar-refractivity contribution in [3.8, 4) is 0 Å². The number of rotatable bonds is 6. The Morgan fingerprint density at radius 3 is 2.76 bits per heavy atom. The number of benzene rings is 1. The van der Waals surface area contributed by atoms with Gasteiger partial charge >= 0.3 is 0 Å². The van der Waals surface area contributed by atoms with Gasteiger partial charge in [-0.25, -0.2) is 0 Å². The molecule has 0 radical (unpaired) electrons. The van der Waals surface area contributed by atoms with E-state index in [9.17, 15) is 4.79 Å². The Morgan fingerprint density at radius 2 is 2.12 bits per heavy atom. The molecule has 2 N–H and O–H groups in total. The minimum Gasteiger partial charge on any atom is -0.396 e. The molecule has 1 aromatic carbocycles. The Balaban J connectivity index is 2.33. The first kappa shape index (κ1) is 13.7. The van der Waals surface area contributed by atoms with Crippen LogP contribution in [0.25, 0.3) is 0 Å². The molecule has 0 spiro atoms. The smallest absolute Gasteiger partial charge is 0.251 e. The van der Waals surface area contributed by atoms with Crippen molar-refractivity contribution in [1.82, 2.24) is 5.32 Å². The highest BCUT2D eigenvalue weighted by molar-refractivity contribution is 5.95. The summed E-state index contributed by atoms with van der Waals surface area (Å²) in [6.07, 6.45) is 1.84. The molecule has 0 aromatic heterocycles. The lowest BCUT2D eigenvalue weighted by molar-refractivity contribution is 0.0951. The third-order valence-electron chi connectivity index (χ3n) is 2.86. The van der Waals surface area contributed by atoms with E-state index < -0.39 is 0 Å². The first-order valence-electron chi connectivity index (χ1n) is 6.10. The largest absolute Gasteiger partial charge is 0.396 e. The van der Waals surface area contributed by atoms with Crippen LogP contribution in [0.2, 0.25) is 0 Å². The van der Waals surface area contributed by atoms with E-state index in [-0.39, 0.29) is 12.5 Å². The maximum absolute atomic E-state index is 11.8. The number of aryl methyl sites for hydroxylation is 1. The van der Waals surface area contributed by atoms with Gasteiger partial charge < -0.3 is 10.4 Å². The van der Waals surface area contributed by atoms with Crippen LogP contribution in [0, 0.1) is 12.8 Å². The summed E-state index contributed by atoms with van der Waals surface area (Å²) >= 11 is 0. The fourth-order valence-corrected chi connectivity index (χ4v) is 1.67. The van der Waals surface area contributed by atoms with E-state index in [0.29, 0.717) is 12.5 Å². The van der Waals surface area contributed by atoms with Gasteiger partial charge in [-0.1, -0.05) is 25.1 Å². The van der Waals surface area contributed by atoms with E-state index in [1.807, 2.05) is 38.1 Å². The molecule has 0 aliphatic rings. The third-order valence-corrected chi connectivity index (χ3v) is 2.86. The van der Waals surface area contributed by atoms with E-state index in [4.69, 9.17) is 5.11 Å². The minimum absolute atomic E-state index is 0.0141. The zero-order valence-corrected chi connectivity index (χ0v) is 10.6. The number of aliphatic hydroxyl groups is 1. The number of carbonyl (C=O) groups excluding carboxylic acids is 1. The number of hydrogen-bond donors (Lipinski definition) is 2. The zero-order chi connectivity index (χ0) is 12.7. The van der Waals surface area contributed by atoms with E-state index in [0.717, 1.165) is 24.0 Å². The molecule has 0 saturated carbocycles. The molecule has 94 valence electrons. The van der Waals surface area contributed by atoms with Gasteiger partial charge in [0.2, 0.25) is 0 Å². The summed E-state index contributed by atoms with van der Waals surface area (Å²) in [6.45, 7) is 4.81. The van der Waals surface area contributed by atoms with Gasteiger partial charge in [-0.2, -0.15) is 0 Å². The van der Waals surface area contributed by atoms with Gasteiger partial charge in [0.1, 0.15) is 0 Å². The lowest BCUT2D eigenvalue weighted by Gasteiger charge is -2.09. The molecule has 0 heterocycles. The average Bonchev–Trinajstić information content (AvgIpc) is 2.34. The topological polar surface area (TPSA) is 49.3 Å². The molecule has 1 amide bonds. The Bertz CT molecular complexity index is 363. The molecule has 3 heteroatoms. The van der Waals surface area contributed by atoms with E-state index >= 15 is 0 Å². The summed E-state index contributed by atoms with van der Waals surface area (Å²) in [4.78, 5) is 11.8. The van der Waals surface area contributed by atoms with Gasteiger partial charge in [0.05, 0.1) is 0 Å². The Morgan fingerprint density at radius 1 is 1.41 bits per heavy atom. The fraction of sp³-hybridized carbons (Fsp3) is 0.500. The Labute approximate surface area is 103 Å². The Kier molecular flexibility index (Phi) is 5.70. The van der Waals surface area contributed by atoms with E-state index in [2.05, 4.69) is 5.32 Å². The van der Waals surface area contributed by atoms with Crippen LogP contribution in [-0.4, -0.2) is 24.2 Å². The first-order chi connectivity index (χ1) is 8.15. The fourth-order valence-electron chi connectivity index (χ4n) is 1.67. The second-order valence-electron chi connectivity index (χ2n) is 4.50. The third kappa shape index (κ3) is 4.57. The number of amides is 1. The van der Waals surface area contributed by atoms with Crippen LogP contribution in [0.4, 0.5) is 0 Å². The summed E-state index contributed by atoms with van der Waals surface area (Å²) in [5, 5.41) is 11.8. The van der Waals surface area contributed by atoms with Crippen LogP contribution < -0.4 is 5.32 Å². The van der Waals surface area contributed by atoms with Crippen LogP contribution >= 0.6 is 0 Å². The van der Waals surface area contributed by atoms with Crippen LogP contribution in [-0.2, 0) is 0 Å². The van der Waals surface area contributed by atoms with E-state index in [1.165, 1.54) is 0 Å². The standard InChI is InChI=1S/C14H21NO2/c1-11(10-16)6-5-9-15-14(17)13-8-4-3-7-12(13)2/h3-4,7-8,11,16H,5-6,9-10H2,1-2H3,(H,15,17). The average molecular weight is 235 g/mol. The summed E-state index contributed by atoms with van der Waals surface area (Å²) < 4.78 is 0. The molecule has 0 aliphatic heterocycles. The van der Waals surface area contributed by atoms with Crippen LogP contribution in [0.15, 0.2) is 24.3 Å². The van der Waals surface area contributed by atoms with Crippen molar-refractivity contribution in [1.29, 1.82) is 0 Å². The van der Waals surface area contributed by atoms with Crippen molar-refractivity contribution in [3.05, 3.63) is 35.4 Å². The number of hydrogen-bond acceptors (Lipinski definition) is 2. The maximum atomic E-state index is 11.8. The molecule has 1 unspecified atom stereocenters. The second-order valence-corrected chi connectivity index (χ2v) is 4.50. The molecular weight excluding hydrogens is 214 g/mol. The van der Waals surface area contributed by atoms with Gasteiger partial charge in [-0.15, -0.1) is 0 Å². The van der Waals surface area contributed by atoms with Gasteiger partial charge in [-0.05, 0) is 37.3 Å². The maximum Gasteiger partial charge on any atom is 0.251 e. The summed E-state index contributed by atoms with van der Waals surface area (Å²) in [5.74, 6) is 0.296. The van der Waals surface area contributed by atoms with Gasteiger partial charge in [0, 0.05) is 18.7 Å². The lowest BCUT2D eigenvalue weighted by Crippen LogP contribution is -2.25. The highest BCUT2D eigenvalue weighted by atomic mass is 16.3. The van der Waals surface area contributed by atoms with Crippen molar-refractivity contribution in [2.45, 2.75) is 26.7 Å². The lowest BCUT2D eigenvalue weighted by atomic mass is 10.1. The quantitative estimate of drug-likeness (QED) is 0.742. The highest BCUT2D eigenvalue weighted by Crippen LogP contribution is 2.07. The summed E-state index contributed by atoms with van der Waals surface area (Å²) in [5.41, 5.74) is 1.73. The van der Waals surface area contributed by atoms with Crippen molar-refractivity contribution in [3.63, 3.8) is 0 Å². The second kappa shape index (κ2) is 7.07. The van der Waals surface area contributed by atoms with Crippen LogP contribution in [0.5, 0.6) is 0 Å². The normalized spacial score (nSPS) is 12.2. The summed E-state index contributed by atoms with van der Waals surface area (Å²) in [6, 6.07) is 7.56. The number of nitrogens with one attached hydrogen (secondary N) is 1. The molecule has 0 fully saturated rings. The molecule has 0 bridgehead atoms. The molecule has 0 aliphatic carbocycles. The highest BCUT2D eigenvalue weighted by Gasteiger charge is 2.07. The number of aliphatic hydroxyl groups excluding tert-OH is 1. The molecule has 3 nitrogen and oxygen atoms in total. The Hall–Kier alpha value is -1.35. The first-order valence-corrected chi connectivity index (χ1v) is 6.10. The predicted molar refractivity (Wildman–Crippen MR) is 69.0 cm³/mol. The molecule has 0 saturated heterocycles. The monoisotopic (exact) mass is 235 g/mol. The molecule has 1 rings (SSSR count). The molecule has 1 aromatic rings. The van der Waals surface area contributed by atoms with Gasteiger partial charge in [0.25, 0.3) is 5.91 Å². The minimum atomic E-state index is -0.0141. The molecule has 1 atom stereocenters. The SMILES string of the molecule is Cc1ccccc1C(=O)NCCCC(C)CO. The van der Waals surface area contributed by atoms with Crippen molar-refractivity contribution in [2.75, 3.05) is 13.2 Å². The van der Waals surface area contributed by atoms with Gasteiger partial charge in [0.15, 0.2) is 0 Å². The van der Waals surface area contributed by atoms with E-state index in [1.54, 1.807) is 0 Å². The van der Waals surface area contributed by atoms with Gasteiger partial charge in [-0.3, -0.25) is 4.79 Å². The van der Waals surface area contributed by atoms with Crippen LogP contribution in [0.3, 0.4) is 0 Å². The predicted octanol–water partition coefficient (Wildman–Crippen LogP) is 2.13. The van der Waals surface area contributed by atoms with Crippen molar-refractivity contribution >= 4 is 5.91 Å². The van der Waals surface area contributed by atoms with Crippen LogP contribution in [0.1, 0.15) is 35.7 Å². The number of carbonyl (C=O) groups is 1. The summed E-state index contributed by atoms with van der Waals surface area (Å²) in [7, 11) is 0. The zero-order valence-electron chi connectivity index (χ0n) is 10.6. The molecule has 17 heavy (non-hydrogen) atoms. The van der Waals surface area contributed by atoms with Crippen molar-refractivity contribution in [2.24, 2.45) is 5.92 Å². The molecular formula is C14H21NO2.